The molecule has 2 aliphatic carbocycles. The summed E-state index contributed by atoms with van der Waals surface area (Å²) >= 11 is 0. The predicted octanol–water partition coefficient (Wildman–Crippen LogP) is 1.98. The summed E-state index contributed by atoms with van der Waals surface area (Å²) in [5.41, 5.74) is 1.35. The number of hydrogen-bond donors (Lipinski definition) is 0. The second-order valence-electron chi connectivity index (χ2n) is 3.95. The van der Waals surface area contributed by atoms with Gasteiger partial charge in [-0.05, 0) is 30.0 Å². The van der Waals surface area contributed by atoms with Crippen LogP contribution in [0.3, 0.4) is 0 Å². The lowest BCUT2D eigenvalue weighted by Gasteiger charge is -2.05. The predicted molar refractivity (Wildman–Crippen MR) is 46.0 cm³/mol. The number of carbonyl (C=O) groups excluding carboxylic acids is 1. The van der Waals surface area contributed by atoms with Crippen LogP contribution in [0.4, 0.5) is 4.39 Å². The van der Waals surface area contributed by atoms with E-state index in [1.54, 1.807) is 6.07 Å². The maximum Gasteiger partial charge on any atom is 0.147 e. The van der Waals surface area contributed by atoms with Crippen LogP contribution in [-0.2, 0) is 16.6 Å². The topological polar surface area (TPSA) is 17.1 Å². The Morgan fingerprint density at radius 2 is 2.08 bits per heavy atom. The molecular formula is C11H9FO. The molecule has 3 rings (SSSR count). The van der Waals surface area contributed by atoms with Gasteiger partial charge in [0, 0.05) is 6.42 Å². The average Bonchev–Trinajstić information content (AvgIpc) is 2.83. The third kappa shape index (κ3) is 0.736. The summed E-state index contributed by atoms with van der Waals surface area (Å²) in [7, 11) is 0. The molecule has 66 valence electrons. The number of benzene rings is 1. The van der Waals surface area contributed by atoms with Gasteiger partial charge in [0.15, 0.2) is 0 Å². The minimum atomic E-state index is -0.253. The van der Waals surface area contributed by atoms with Crippen LogP contribution in [0, 0.1) is 5.82 Å². The van der Waals surface area contributed by atoms with Crippen molar-refractivity contribution in [3.05, 3.63) is 35.1 Å². The SMILES string of the molecule is O=C1Cc2c(F)cccc2C12CC2. The van der Waals surface area contributed by atoms with E-state index in [0.29, 0.717) is 12.0 Å². The first-order valence-electron chi connectivity index (χ1n) is 4.55. The number of carbonyl (C=O) groups is 1. The van der Waals surface area contributed by atoms with Crippen molar-refractivity contribution in [2.75, 3.05) is 0 Å². The Morgan fingerprint density at radius 3 is 2.77 bits per heavy atom. The molecule has 0 N–H and O–H groups in total. The molecule has 0 aromatic heterocycles. The van der Waals surface area contributed by atoms with Gasteiger partial charge in [0.05, 0.1) is 5.41 Å². The minimum Gasteiger partial charge on any atom is -0.298 e. The molecule has 0 aliphatic heterocycles. The Kier molecular flexibility index (Phi) is 1.12. The average molecular weight is 176 g/mol. The Bertz CT molecular complexity index is 405. The van der Waals surface area contributed by atoms with Crippen LogP contribution in [0.25, 0.3) is 0 Å². The number of rotatable bonds is 0. The fourth-order valence-corrected chi connectivity index (χ4v) is 2.34. The third-order valence-corrected chi connectivity index (χ3v) is 3.26. The molecule has 0 radical (unpaired) electrons. The standard InChI is InChI=1S/C11H9FO/c12-9-3-1-2-8-7(9)6-10(13)11(8)4-5-11/h1-3H,4-6H2. The highest BCUT2D eigenvalue weighted by Crippen LogP contribution is 2.54. The molecule has 13 heavy (non-hydrogen) atoms. The van der Waals surface area contributed by atoms with Crippen molar-refractivity contribution in [3.63, 3.8) is 0 Å². The zero-order chi connectivity index (χ0) is 9.05. The molecule has 1 nitrogen and oxygen atoms in total. The second-order valence-corrected chi connectivity index (χ2v) is 3.95. The highest BCUT2D eigenvalue weighted by molar-refractivity contribution is 5.99. The van der Waals surface area contributed by atoms with Crippen LogP contribution in [0.5, 0.6) is 0 Å². The van der Waals surface area contributed by atoms with Gasteiger partial charge in [0.1, 0.15) is 11.6 Å². The van der Waals surface area contributed by atoms with E-state index in [-0.39, 0.29) is 17.0 Å². The summed E-state index contributed by atoms with van der Waals surface area (Å²) < 4.78 is 13.3. The van der Waals surface area contributed by atoms with Crippen LogP contribution < -0.4 is 0 Å². The van der Waals surface area contributed by atoms with E-state index >= 15 is 0 Å². The van der Waals surface area contributed by atoms with Crippen LogP contribution in [0.1, 0.15) is 24.0 Å². The van der Waals surface area contributed by atoms with Crippen molar-refractivity contribution in [3.8, 4) is 0 Å². The largest absolute Gasteiger partial charge is 0.298 e. The first-order chi connectivity index (χ1) is 6.24. The first kappa shape index (κ1) is 7.25. The van der Waals surface area contributed by atoms with Gasteiger partial charge < -0.3 is 0 Å². The van der Waals surface area contributed by atoms with Crippen LogP contribution in [-0.4, -0.2) is 5.78 Å². The third-order valence-electron chi connectivity index (χ3n) is 3.26. The molecule has 2 heteroatoms. The van der Waals surface area contributed by atoms with Crippen LogP contribution >= 0.6 is 0 Å². The smallest absolute Gasteiger partial charge is 0.147 e. The molecule has 1 spiro atoms. The Balaban J connectivity index is 2.28. The molecule has 1 fully saturated rings. The maximum absolute atomic E-state index is 13.3. The number of hydrogen-bond acceptors (Lipinski definition) is 1. The Morgan fingerprint density at radius 1 is 1.31 bits per heavy atom. The van der Waals surface area contributed by atoms with E-state index in [9.17, 15) is 9.18 Å². The molecule has 0 amide bonds. The van der Waals surface area contributed by atoms with E-state index in [1.807, 2.05) is 6.07 Å². The van der Waals surface area contributed by atoms with E-state index in [4.69, 9.17) is 0 Å². The highest BCUT2D eigenvalue weighted by atomic mass is 19.1. The fourth-order valence-electron chi connectivity index (χ4n) is 2.34. The van der Waals surface area contributed by atoms with Gasteiger partial charge in [0.2, 0.25) is 0 Å². The molecule has 0 saturated heterocycles. The van der Waals surface area contributed by atoms with Crippen LogP contribution in [0.2, 0.25) is 0 Å². The van der Waals surface area contributed by atoms with E-state index in [1.165, 1.54) is 6.07 Å². The quantitative estimate of drug-likeness (QED) is 0.590. The molecule has 0 unspecified atom stereocenters. The molecular weight excluding hydrogens is 167 g/mol. The van der Waals surface area contributed by atoms with Crippen molar-refractivity contribution in [1.82, 2.24) is 0 Å². The summed E-state index contributed by atoms with van der Waals surface area (Å²) in [4.78, 5) is 11.6. The lowest BCUT2D eigenvalue weighted by atomic mass is 9.98. The van der Waals surface area contributed by atoms with Crippen molar-refractivity contribution >= 4 is 5.78 Å². The van der Waals surface area contributed by atoms with E-state index in [2.05, 4.69) is 0 Å². The van der Waals surface area contributed by atoms with Gasteiger partial charge in [-0.3, -0.25) is 4.79 Å². The fraction of sp³-hybridized carbons (Fsp3) is 0.364. The van der Waals surface area contributed by atoms with Crippen molar-refractivity contribution in [2.45, 2.75) is 24.7 Å². The summed E-state index contributed by atoms with van der Waals surface area (Å²) in [5, 5.41) is 0. The molecule has 0 atom stereocenters. The lowest BCUT2D eigenvalue weighted by molar-refractivity contribution is -0.119. The first-order valence-corrected chi connectivity index (χ1v) is 4.55. The Hall–Kier alpha value is -1.18. The number of fused-ring (bicyclic) bond motifs is 2. The van der Waals surface area contributed by atoms with Crippen molar-refractivity contribution < 1.29 is 9.18 Å². The van der Waals surface area contributed by atoms with Gasteiger partial charge in [-0.2, -0.15) is 0 Å². The molecule has 1 saturated carbocycles. The van der Waals surface area contributed by atoms with Gasteiger partial charge >= 0.3 is 0 Å². The van der Waals surface area contributed by atoms with Gasteiger partial charge in [-0.1, -0.05) is 12.1 Å². The van der Waals surface area contributed by atoms with Gasteiger partial charge in [0.25, 0.3) is 0 Å². The molecule has 1 aromatic carbocycles. The maximum atomic E-state index is 13.3. The normalized spacial score (nSPS) is 22.1. The van der Waals surface area contributed by atoms with Crippen molar-refractivity contribution in [2.24, 2.45) is 0 Å². The van der Waals surface area contributed by atoms with Gasteiger partial charge in [-0.25, -0.2) is 4.39 Å². The summed E-state index contributed by atoms with van der Waals surface area (Å²) in [6, 6.07) is 5.04. The second kappa shape index (κ2) is 2.00. The molecule has 2 aliphatic rings. The Labute approximate surface area is 75.6 Å². The summed E-state index contributed by atoms with van der Waals surface area (Å²) in [6.45, 7) is 0. The lowest BCUT2D eigenvalue weighted by Crippen LogP contribution is -2.13. The zero-order valence-electron chi connectivity index (χ0n) is 7.14. The highest BCUT2D eigenvalue weighted by Gasteiger charge is 2.55. The van der Waals surface area contributed by atoms with E-state index in [0.717, 1.165) is 18.4 Å². The number of halogens is 1. The number of ketones is 1. The summed E-state index contributed by atoms with van der Waals surface area (Å²) in [5.74, 6) is 0.00206. The van der Waals surface area contributed by atoms with E-state index < -0.39 is 0 Å². The van der Waals surface area contributed by atoms with Crippen molar-refractivity contribution in [1.29, 1.82) is 0 Å². The zero-order valence-corrected chi connectivity index (χ0v) is 7.14. The minimum absolute atomic E-state index is 0.213. The number of Topliss-reactive ketones (excluding diaryl/α,β-unsaturated/α-hetero) is 1. The van der Waals surface area contributed by atoms with Crippen LogP contribution in [0.15, 0.2) is 18.2 Å². The summed E-state index contributed by atoms with van der Waals surface area (Å²) in [6.07, 6.45) is 2.15. The molecule has 0 heterocycles. The monoisotopic (exact) mass is 176 g/mol. The molecule has 0 bridgehead atoms. The van der Waals surface area contributed by atoms with Gasteiger partial charge in [-0.15, -0.1) is 0 Å². The molecule has 1 aromatic rings.